The molecule has 0 aromatic carbocycles. The highest BCUT2D eigenvalue weighted by atomic mass is 35.5. The standard InChI is InChI=1S/C13H12Cl2F3N5O.ClH/c1-6(3-19)22-12(24)8-5-21-23(10(8)13(16,17)18)11-9(15)2-7(14)4-20-11;/h2,4-6H,3,19H2,1H3,(H,22,24);1H/t6-;/m0./s1. The van der Waals surface area contributed by atoms with Gasteiger partial charge in [-0.3, -0.25) is 4.79 Å². The molecule has 2 heterocycles. The zero-order valence-corrected chi connectivity index (χ0v) is 15.0. The van der Waals surface area contributed by atoms with E-state index in [0.717, 1.165) is 12.4 Å². The van der Waals surface area contributed by atoms with Crippen LogP contribution in [0.25, 0.3) is 5.82 Å². The van der Waals surface area contributed by atoms with Crippen molar-refractivity contribution < 1.29 is 18.0 Å². The molecule has 2 rings (SSSR count). The van der Waals surface area contributed by atoms with E-state index in [-0.39, 0.29) is 34.8 Å². The molecule has 0 aliphatic rings. The van der Waals surface area contributed by atoms with Gasteiger partial charge < -0.3 is 11.1 Å². The largest absolute Gasteiger partial charge is 0.434 e. The summed E-state index contributed by atoms with van der Waals surface area (Å²) in [6, 6.07) is 0.725. The van der Waals surface area contributed by atoms with E-state index < -0.39 is 29.4 Å². The first-order chi connectivity index (χ1) is 11.1. The third-order valence-corrected chi connectivity index (χ3v) is 3.49. The van der Waals surface area contributed by atoms with Crippen molar-refractivity contribution in [3.05, 3.63) is 39.8 Å². The monoisotopic (exact) mass is 417 g/mol. The van der Waals surface area contributed by atoms with Crippen molar-refractivity contribution in [1.82, 2.24) is 20.1 Å². The molecule has 25 heavy (non-hydrogen) atoms. The zero-order valence-electron chi connectivity index (χ0n) is 12.6. The Labute approximate surface area is 156 Å². The number of pyridine rings is 1. The van der Waals surface area contributed by atoms with Crippen molar-refractivity contribution in [2.75, 3.05) is 6.54 Å². The van der Waals surface area contributed by atoms with E-state index in [1.807, 2.05) is 0 Å². The Morgan fingerprint density at radius 2 is 2.04 bits per heavy atom. The van der Waals surface area contributed by atoms with Crippen LogP contribution in [0.1, 0.15) is 23.0 Å². The average molecular weight is 419 g/mol. The summed E-state index contributed by atoms with van der Waals surface area (Å²) >= 11 is 11.6. The highest BCUT2D eigenvalue weighted by molar-refractivity contribution is 6.35. The molecule has 0 bridgehead atoms. The second-order valence-corrected chi connectivity index (χ2v) is 5.73. The quantitative estimate of drug-likeness (QED) is 0.799. The van der Waals surface area contributed by atoms with Crippen molar-refractivity contribution >= 4 is 41.5 Å². The molecular formula is C13H13Cl3F3N5O. The van der Waals surface area contributed by atoms with E-state index in [1.54, 1.807) is 6.92 Å². The van der Waals surface area contributed by atoms with Crippen LogP contribution in [0.2, 0.25) is 10.0 Å². The smallest absolute Gasteiger partial charge is 0.348 e. The molecule has 12 heteroatoms. The topological polar surface area (TPSA) is 85.8 Å². The predicted molar refractivity (Wildman–Crippen MR) is 89.6 cm³/mol. The zero-order chi connectivity index (χ0) is 18.1. The number of rotatable bonds is 4. The molecule has 1 amide bonds. The van der Waals surface area contributed by atoms with Gasteiger partial charge in [-0.15, -0.1) is 12.4 Å². The second kappa shape index (κ2) is 8.22. The van der Waals surface area contributed by atoms with Crippen LogP contribution in [-0.4, -0.2) is 33.3 Å². The van der Waals surface area contributed by atoms with E-state index in [1.165, 1.54) is 6.07 Å². The van der Waals surface area contributed by atoms with Gasteiger partial charge in [0.25, 0.3) is 5.91 Å². The van der Waals surface area contributed by atoms with Gasteiger partial charge in [0, 0.05) is 18.8 Å². The molecule has 0 spiro atoms. The predicted octanol–water partition coefficient (Wildman–Crippen LogP) is 3.09. The van der Waals surface area contributed by atoms with Gasteiger partial charge in [-0.1, -0.05) is 23.2 Å². The highest BCUT2D eigenvalue weighted by Gasteiger charge is 2.41. The van der Waals surface area contributed by atoms with Crippen LogP contribution in [0, 0.1) is 0 Å². The van der Waals surface area contributed by atoms with Crippen molar-refractivity contribution in [2.24, 2.45) is 5.73 Å². The van der Waals surface area contributed by atoms with Crippen molar-refractivity contribution in [1.29, 1.82) is 0 Å². The fourth-order valence-corrected chi connectivity index (χ4v) is 2.33. The minimum absolute atomic E-state index is 0. The second-order valence-electron chi connectivity index (χ2n) is 4.89. The lowest BCUT2D eigenvalue weighted by atomic mass is 10.2. The van der Waals surface area contributed by atoms with E-state index >= 15 is 0 Å². The number of aromatic nitrogens is 3. The Morgan fingerprint density at radius 3 is 2.56 bits per heavy atom. The van der Waals surface area contributed by atoms with Crippen molar-refractivity contribution in [3.63, 3.8) is 0 Å². The first-order valence-corrected chi connectivity index (χ1v) is 7.38. The molecule has 2 aromatic heterocycles. The maximum absolute atomic E-state index is 13.5. The summed E-state index contributed by atoms with van der Waals surface area (Å²) in [5, 5.41) is 5.98. The number of amides is 1. The molecule has 3 N–H and O–H groups in total. The molecule has 2 aromatic rings. The Kier molecular flexibility index (Phi) is 7.07. The fraction of sp³-hybridized carbons (Fsp3) is 0.308. The van der Waals surface area contributed by atoms with Crippen LogP contribution < -0.4 is 11.1 Å². The highest BCUT2D eigenvalue weighted by Crippen LogP contribution is 2.35. The average Bonchev–Trinajstić information content (AvgIpc) is 2.91. The van der Waals surface area contributed by atoms with Crippen LogP contribution >= 0.6 is 35.6 Å². The lowest BCUT2D eigenvalue weighted by Gasteiger charge is -2.14. The summed E-state index contributed by atoms with van der Waals surface area (Å²) in [5.74, 6) is -1.24. The normalized spacial score (nSPS) is 12.4. The van der Waals surface area contributed by atoms with Crippen LogP contribution in [-0.2, 0) is 6.18 Å². The Balaban J connectivity index is 0.00000312. The van der Waals surface area contributed by atoms with Crippen LogP contribution in [0.4, 0.5) is 13.2 Å². The number of hydrogen-bond acceptors (Lipinski definition) is 4. The maximum Gasteiger partial charge on any atom is 0.434 e. The van der Waals surface area contributed by atoms with Crippen LogP contribution in [0.15, 0.2) is 18.5 Å². The van der Waals surface area contributed by atoms with Crippen LogP contribution in [0.3, 0.4) is 0 Å². The number of alkyl halides is 3. The van der Waals surface area contributed by atoms with Gasteiger partial charge in [0.05, 0.1) is 21.8 Å². The summed E-state index contributed by atoms with van der Waals surface area (Å²) in [4.78, 5) is 15.8. The molecule has 0 fully saturated rings. The summed E-state index contributed by atoms with van der Waals surface area (Å²) in [6.45, 7) is 1.64. The number of nitrogens with zero attached hydrogens (tertiary/aromatic N) is 3. The molecule has 0 aliphatic heterocycles. The van der Waals surface area contributed by atoms with E-state index in [0.29, 0.717) is 4.68 Å². The Bertz CT molecular complexity index is 766. The lowest BCUT2D eigenvalue weighted by Crippen LogP contribution is -2.38. The Hall–Kier alpha value is -1.55. The molecule has 1 atom stereocenters. The molecule has 6 nitrogen and oxygen atoms in total. The maximum atomic E-state index is 13.5. The molecule has 0 saturated carbocycles. The third-order valence-electron chi connectivity index (χ3n) is 3.00. The van der Waals surface area contributed by atoms with Gasteiger partial charge in [-0.05, 0) is 13.0 Å². The first-order valence-electron chi connectivity index (χ1n) is 6.62. The number of nitrogens with one attached hydrogen (secondary N) is 1. The summed E-state index contributed by atoms with van der Waals surface area (Å²) in [7, 11) is 0. The number of halogens is 6. The molecule has 0 saturated heterocycles. The van der Waals surface area contributed by atoms with Crippen LogP contribution in [0.5, 0.6) is 0 Å². The molecule has 0 radical (unpaired) electrons. The van der Waals surface area contributed by atoms with Gasteiger partial charge in [-0.2, -0.15) is 18.3 Å². The Morgan fingerprint density at radius 1 is 1.40 bits per heavy atom. The van der Waals surface area contributed by atoms with Crippen molar-refractivity contribution in [3.8, 4) is 5.82 Å². The summed E-state index contributed by atoms with van der Waals surface area (Å²) < 4.78 is 40.8. The molecule has 138 valence electrons. The van der Waals surface area contributed by atoms with Crippen molar-refractivity contribution in [2.45, 2.75) is 19.1 Å². The van der Waals surface area contributed by atoms with Gasteiger partial charge >= 0.3 is 6.18 Å². The van der Waals surface area contributed by atoms with E-state index in [9.17, 15) is 18.0 Å². The minimum atomic E-state index is -4.86. The number of carbonyl (C=O) groups is 1. The van der Waals surface area contributed by atoms with Gasteiger partial charge in [0.1, 0.15) is 0 Å². The molecular weight excluding hydrogens is 406 g/mol. The lowest BCUT2D eigenvalue weighted by molar-refractivity contribution is -0.143. The number of hydrogen-bond donors (Lipinski definition) is 2. The molecule has 0 aliphatic carbocycles. The van der Waals surface area contributed by atoms with E-state index in [2.05, 4.69) is 15.4 Å². The SMILES string of the molecule is C[C@@H](CN)NC(=O)c1cnn(-c2ncc(Cl)cc2Cl)c1C(F)(F)F.Cl. The first kappa shape index (κ1) is 21.5. The summed E-state index contributed by atoms with van der Waals surface area (Å²) in [6.07, 6.45) is -2.94. The summed E-state index contributed by atoms with van der Waals surface area (Å²) in [5.41, 5.74) is 3.41. The molecule has 0 unspecified atom stereocenters. The van der Waals surface area contributed by atoms with E-state index in [4.69, 9.17) is 28.9 Å². The van der Waals surface area contributed by atoms with Gasteiger partial charge in [-0.25, -0.2) is 9.67 Å². The van der Waals surface area contributed by atoms with Gasteiger partial charge in [0.15, 0.2) is 11.5 Å². The fourth-order valence-electron chi connectivity index (χ4n) is 1.87. The number of carbonyl (C=O) groups excluding carboxylic acids is 1. The van der Waals surface area contributed by atoms with Gasteiger partial charge in [0.2, 0.25) is 0 Å². The number of nitrogens with two attached hydrogens (primary N) is 1. The third kappa shape index (κ3) is 4.75. The minimum Gasteiger partial charge on any atom is -0.348 e.